The summed E-state index contributed by atoms with van der Waals surface area (Å²) >= 11 is 8.74. The van der Waals surface area contributed by atoms with Crippen LogP contribution >= 0.6 is 27.5 Å². The molecule has 98 valence electrons. The lowest BCUT2D eigenvalue weighted by Crippen LogP contribution is -2.02. The molecule has 2 rings (SSSR count). The van der Waals surface area contributed by atoms with Crippen molar-refractivity contribution in [2.75, 3.05) is 0 Å². The van der Waals surface area contributed by atoms with Crippen molar-refractivity contribution in [1.82, 2.24) is 9.97 Å². The molecule has 1 N–H and O–H groups in total. The molecule has 0 aliphatic carbocycles. The summed E-state index contributed by atoms with van der Waals surface area (Å²) in [4.78, 5) is 18.1. The number of carboxylic acids is 1. The highest BCUT2D eigenvalue weighted by atomic mass is 79.9. The average molecular weight is 348 g/mol. The number of hydrogen-bond donors (Lipinski definition) is 1. The maximum atomic E-state index is 13.3. The number of carboxylic acid groups (broad SMARTS) is 1. The summed E-state index contributed by atoms with van der Waals surface area (Å²) in [6, 6.07) is 2.38. The van der Waals surface area contributed by atoms with E-state index < -0.39 is 11.8 Å². The molecule has 0 unspecified atom stereocenters. The lowest BCUT2D eigenvalue weighted by Gasteiger charge is -2.07. The van der Waals surface area contributed by atoms with Crippen LogP contribution in [0.15, 0.2) is 29.0 Å². The number of carbonyl (C=O) groups is 1. The first-order valence-electron chi connectivity index (χ1n) is 4.85. The van der Waals surface area contributed by atoms with Gasteiger partial charge < -0.3 is 9.84 Å². The van der Waals surface area contributed by atoms with Gasteiger partial charge in [-0.05, 0) is 22.0 Å². The molecule has 5 nitrogen and oxygen atoms in total. The Labute approximate surface area is 120 Å². The first kappa shape index (κ1) is 13.7. The van der Waals surface area contributed by atoms with Crippen molar-refractivity contribution in [2.24, 2.45) is 0 Å². The molecule has 0 amide bonds. The second-order valence-electron chi connectivity index (χ2n) is 3.35. The smallest absolute Gasteiger partial charge is 0.356 e. The van der Waals surface area contributed by atoms with Crippen molar-refractivity contribution in [3.8, 4) is 11.6 Å². The van der Waals surface area contributed by atoms with Crippen LogP contribution in [0.3, 0.4) is 0 Å². The predicted octanol–water partition coefficient (Wildman–Crippen LogP) is 3.52. The maximum Gasteiger partial charge on any atom is 0.356 e. The SMILES string of the molecule is O=C(O)c1cncc(Oc2cc(F)c(Cl)cc2Br)n1. The number of nitrogens with zero attached hydrogens (tertiary/aromatic N) is 2. The van der Waals surface area contributed by atoms with E-state index in [4.69, 9.17) is 21.4 Å². The van der Waals surface area contributed by atoms with Crippen molar-refractivity contribution >= 4 is 33.5 Å². The zero-order valence-electron chi connectivity index (χ0n) is 9.10. The van der Waals surface area contributed by atoms with Crippen LogP contribution in [0.5, 0.6) is 11.6 Å². The molecule has 0 atom stereocenters. The molecule has 0 aliphatic heterocycles. The molecule has 19 heavy (non-hydrogen) atoms. The van der Waals surface area contributed by atoms with E-state index in [0.717, 1.165) is 12.3 Å². The number of hydrogen-bond acceptors (Lipinski definition) is 4. The first-order valence-corrected chi connectivity index (χ1v) is 6.02. The summed E-state index contributed by atoms with van der Waals surface area (Å²) in [6.07, 6.45) is 2.29. The van der Waals surface area contributed by atoms with Gasteiger partial charge in [-0.25, -0.2) is 14.2 Å². The number of ether oxygens (including phenoxy) is 1. The Morgan fingerprint density at radius 2 is 2.16 bits per heavy atom. The number of aromatic nitrogens is 2. The van der Waals surface area contributed by atoms with E-state index in [1.165, 1.54) is 12.3 Å². The van der Waals surface area contributed by atoms with E-state index in [1.54, 1.807) is 0 Å². The fourth-order valence-electron chi connectivity index (χ4n) is 1.20. The van der Waals surface area contributed by atoms with Gasteiger partial charge in [0.05, 0.1) is 21.9 Å². The Morgan fingerprint density at radius 1 is 1.42 bits per heavy atom. The van der Waals surface area contributed by atoms with E-state index >= 15 is 0 Å². The molecule has 0 bridgehead atoms. The Balaban J connectivity index is 2.33. The Morgan fingerprint density at radius 3 is 2.84 bits per heavy atom. The number of halogens is 3. The molecule has 2 aromatic rings. The molecule has 0 saturated carbocycles. The topological polar surface area (TPSA) is 72.3 Å². The van der Waals surface area contributed by atoms with Gasteiger partial charge in [0.15, 0.2) is 5.69 Å². The predicted molar refractivity (Wildman–Crippen MR) is 68.2 cm³/mol. The fourth-order valence-corrected chi connectivity index (χ4v) is 1.92. The summed E-state index contributed by atoms with van der Waals surface area (Å²) < 4.78 is 19.0. The molecule has 1 aromatic carbocycles. The minimum absolute atomic E-state index is 0.0652. The van der Waals surface area contributed by atoms with Crippen molar-refractivity contribution in [3.05, 3.63) is 45.5 Å². The van der Waals surface area contributed by atoms with Crippen molar-refractivity contribution in [1.29, 1.82) is 0 Å². The van der Waals surface area contributed by atoms with Gasteiger partial charge in [-0.15, -0.1) is 0 Å². The lowest BCUT2D eigenvalue weighted by molar-refractivity contribution is 0.0689. The minimum atomic E-state index is -1.24. The highest BCUT2D eigenvalue weighted by molar-refractivity contribution is 9.10. The maximum absolute atomic E-state index is 13.3. The van der Waals surface area contributed by atoms with Crippen LogP contribution in [-0.4, -0.2) is 21.0 Å². The van der Waals surface area contributed by atoms with Gasteiger partial charge in [0, 0.05) is 6.07 Å². The first-order chi connectivity index (χ1) is 8.97. The fraction of sp³-hybridized carbons (Fsp3) is 0. The van der Waals surface area contributed by atoms with Gasteiger partial charge in [0.1, 0.15) is 11.6 Å². The van der Waals surface area contributed by atoms with E-state index in [1.807, 2.05) is 0 Å². The van der Waals surface area contributed by atoms with Crippen LogP contribution in [0.4, 0.5) is 4.39 Å². The zero-order valence-corrected chi connectivity index (χ0v) is 11.4. The van der Waals surface area contributed by atoms with Gasteiger partial charge >= 0.3 is 5.97 Å². The van der Waals surface area contributed by atoms with Crippen LogP contribution in [0, 0.1) is 5.82 Å². The van der Waals surface area contributed by atoms with Crippen molar-refractivity contribution in [2.45, 2.75) is 0 Å². The summed E-state index contributed by atoms with van der Waals surface area (Å²) in [6.45, 7) is 0. The third-order valence-corrected chi connectivity index (χ3v) is 2.93. The summed E-state index contributed by atoms with van der Waals surface area (Å²) in [5.41, 5.74) is -0.275. The molecular weight excluding hydrogens is 342 g/mol. The van der Waals surface area contributed by atoms with Crippen molar-refractivity contribution in [3.63, 3.8) is 0 Å². The van der Waals surface area contributed by atoms with Crippen LogP contribution in [-0.2, 0) is 0 Å². The minimum Gasteiger partial charge on any atom is -0.476 e. The largest absolute Gasteiger partial charge is 0.476 e. The molecule has 1 aromatic heterocycles. The molecule has 8 heteroatoms. The van der Waals surface area contributed by atoms with E-state index in [-0.39, 0.29) is 22.3 Å². The van der Waals surface area contributed by atoms with Crippen molar-refractivity contribution < 1.29 is 19.0 Å². The molecule has 1 heterocycles. The number of aromatic carboxylic acids is 1. The van der Waals surface area contributed by atoms with Crippen LogP contribution < -0.4 is 4.74 Å². The zero-order chi connectivity index (χ0) is 14.0. The molecule has 0 spiro atoms. The Bertz CT molecular complexity index is 654. The monoisotopic (exact) mass is 346 g/mol. The van der Waals surface area contributed by atoms with E-state index in [0.29, 0.717) is 4.47 Å². The summed E-state index contributed by atoms with van der Waals surface area (Å²) in [5.74, 6) is -1.86. The van der Waals surface area contributed by atoms with Gasteiger partial charge in [0.25, 0.3) is 0 Å². The van der Waals surface area contributed by atoms with Gasteiger partial charge in [-0.3, -0.25) is 4.98 Å². The van der Waals surface area contributed by atoms with Gasteiger partial charge in [0.2, 0.25) is 5.88 Å². The summed E-state index contributed by atoms with van der Waals surface area (Å²) in [5, 5.41) is 8.70. The number of rotatable bonds is 3. The highest BCUT2D eigenvalue weighted by Gasteiger charge is 2.11. The molecule has 0 fully saturated rings. The third kappa shape index (κ3) is 3.18. The molecule has 0 saturated heterocycles. The lowest BCUT2D eigenvalue weighted by atomic mass is 10.3. The van der Waals surface area contributed by atoms with E-state index in [2.05, 4.69) is 25.9 Å². The highest BCUT2D eigenvalue weighted by Crippen LogP contribution is 2.32. The van der Waals surface area contributed by atoms with Crippen LogP contribution in [0.2, 0.25) is 5.02 Å². The molecule has 0 radical (unpaired) electrons. The third-order valence-electron chi connectivity index (χ3n) is 2.02. The van der Waals surface area contributed by atoms with Gasteiger partial charge in [-0.2, -0.15) is 0 Å². The Hall–Kier alpha value is -1.73. The van der Waals surface area contributed by atoms with Crippen LogP contribution in [0.1, 0.15) is 10.5 Å². The number of benzene rings is 1. The second kappa shape index (κ2) is 5.50. The van der Waals surface area contributed by atoms with Crippen LogP contribution in [0.25, 0.3) is 0 Å². The normalized spacial score (nSPS) is 10.3. The molecule has 0 aliphatic rings. The average Bonchev–Trinajstić information content (AvgIpc) is 2.36. The van der Waals surface area contributed by atoms with E-state index in [9.17, 15) is 9.18 Å². The molecular formula is C11H5BrClFN2O3. The van der Waals surface area contributed by atoms with Gasteiger partial charge in [-0.1, -0.05) is 11.6 Å². The second-order valence-corrected chi connectivity index (χ2v) is 4.61. The quantitative estimate of drug-likeness (QED) is 0.860. The summed E-state index contributed by atoms with van der Waals surface area (Å²) in [7, 11) is 0. The Kier molecular flexibility index (Phi) is 3.96. The standard InChI is InChI=1S/C11H5BrClFN2O3/c12-5-1-6(13)7(14)2-9(5)19-10-4-15-3-8(16-10)11(17)18/h1-4H,(H,17,18).